The minimum atomic E-state index is -0.236. The molecule has 12 aromatic carbocycles. The van der Waals surface area contributed by atoms with Gasteiger partial charge in [0.15, 0.2) is 0 Å². The van der Waals surface area contributed by atoms with Gasteiger partial charge in [0.1, 0.15) is 34.2 Å². The Labute approximate surface area is 487 Å². The molecule has 0 spiro atoms. The Morgan fingerprint density at radius 1 is 0.369 bits per heavy atom. The number of anilines is 6. The first-order chi connectivity index (χ1) is 41.3. The first-order valence-corrected chi connectivity index (χ1v) is 29.1. The van der Waals surface area contributed by atoms with Crippen LogP contribution in [-0.2, 0) is 5.41 Å². The zero-order valence-electron chi connectivity index (χ0n) is 46.5. The van der Waals surface area contributed by atoms with E-state index >= 15 is 0 Å². The number of rotatable bonds is 5. The first kappa shape index (κ1) is 47.2. The predicted octanol–water partition coefficient (Wildman–Crippen LogP) is 16.1. The molecule has 0 radical (unpaired) electrons. The average Bonchev–Trinajstić information content (AvgIpc) is 1.13. The van der Waals surface area contributed by atoms with Crippen LogP contribution in [0, 0.1) is 0 Å². The van der Waals surface area contributed by atoms with Gasteiger partial charge >= 0.3 is 0 Å². The third-order valence-corrected chi connectivity index (χ3v) is 18.2. The molecule has 0 aliphatic carbocycles. The second kappa shape index (κ2) is 17.5. The van der Waals surface area contributed by atoms with Crippen molar-refractivity contribution < 1.29 is 13.9 Å². The number of hydrogen-bond acceptors (Lipinski definition) is 5. The molecule has 0 atom stereocenters. The summed E-state index contributed by atoms with van der Waals surface area (Å²) >= 11 is 0. The summed E-state index contributed by atoms with van der Waals surface area (Å²) in [5.74, 6) is 3.42. The largest absolute Gasteiger partial charge is 0.458 e. The number of furan rings is 1. The Morgan fingerprint density at radius 3 is 1.55 bits per heavy atom. The Hall–Kier alpha value is -10.4. The van der Waals surface area contributed by atoms with Crippen LogP contribution < -0.4 is 52.1 Å². The van der Waals surface area contributed by atoms with E-state index in [1.165, 1.54) is 16.5 Å². The molecule has 394 valence electrons. The molecule has 4 aliphatic rings. The summed E-state index contributed by atoms with van der Waals surface area (Å²) in [7, 11) is 0. The topological polar surface area (TPSA) is 43.0 Å². The Kier molecular flexibility index (Phi) is 9.86. The highest BCUT2D eigenvalue weighted by Crippen LogP contribution is 2.54. The van der Waals surface area contributed by atoms with E-state index in [1.807, 2.05) is 0 Å². The summed E-state index contributed by atoms with van der Waals surface area (Å²) in [5, 5.41) is 4.25. The molecular formula is C76H51B2N3O3. The minimum absolute atomic E-state index is 0.0602. The number of aromatic nitrogens is 1. The van der Waals surface area contributed by atoms with Crippen LogP contribution in [0.15, 0.2) is 259 Å². The lowest BCUT2D eigenvalue weighted by Crippen LogP contribution is -2.63. The molecule has 14 aromatic rings. The van der Waals surface area contributed by atoms with Crippen LogP contribution >= 0.6 is 0 Å². The molecule has 0 unspecified atom stereocenters. The maximum absolute atomic E-state index is 7.51. The van der Waals surface area contributed by atoms with Gasteiger partial charge in [0, 0.05) is 62.1 Å². The summed E-state index contributed by atoms with van der Waals surface area (Å²) < 4.78 is 24.3. The molecule has 0 amide bonds. The number of fused-ring (bicyclic) bond motifs is 16. The van der Waals surface area contributed by atoms with Crippen molar-refractivity contribution in [3.8, 4) is 50.9 Å². The first-order valence-electron chi connectivity index (χ1n) is 29.1. The average molecular weight is 1080 g/mol. The van der Waals surface area contributed by atoms with Crippen LogP contribution in [0.4, 0.5) is 34.1 Å². The highest BCUT2D eigenvalue weighted by molar-refractivity contribution is 7.02. The predicted molar refractivity (Wildman–Crippen MR) is 349 cm³/mol. The molecule has 6 heterocycles. The number of benzene rings is 12. The van der Waals surface area contributed by atoms with Crippen molar-refractivity contribution in [1.82, 2.24) is 4.57 Å². The summed E-state index contributed by atoms with van der Waals surface area (Å²) in [6.45, 7) is 6.42. The molecule has 4 aliphatic heterocycles. The van der Waals surface area contributed by atoms with E-state index in [0.29, 0.717) is 0 Å². The van der Waals surface area contributed by atoms with Gasteiger partial charge in [-0.05, 0) is 116 Å². The summed E-state index contributed by atoms with van der Waals surface area (Å²) in [5.41, 5.74) is 23.8. The molecule has 0 N–H and O–H groups in total. The van der Waals surface area contributed by atoms with Gasteiger partial charge in [0.2, 0.25) is 0 Å². The Morgan fingerprint density at radius 2 is 0.905 bits per heavy atom. The summed E-state index contributed by atoms with van der Waals surface area (Å²) in [6, 6.07) is 93.1. The standard InChI is InChI=1S/C76H51B2N3O3/c1-76(2,3)48-38-40-50(41-39-48)80-60-43-61-58(42-57(60)77-55-32-15-19-36-66(55)83-74-69-53-28-13-17-34-59(53)79(49-26-11-6-12-27-49)62(69)44-63(80)71(74)77)78-56-33-16-20-37-67(56)84-75-70-54-29-14-18-35-65(54)82-68(70)45-64(72(75)78)81(61)73-51(46-22-7-4-8-23-46)30-21-31-52(73)47-24-9-5-10-25-47/h4-45H,1-3H3. The monoisotopic (exact) mass is 1080 g/mol. The fraction of sp³-hybridized carbons (Fsp3) is 0.0526. The van der Waals surface area contributed by atoms with E-state index in [9.17, 15) is 0 Å². The van der Waals surface area contributed by atoms with Gasteiger partial charge in [0.05, 0.1) is 27.5 Å². The van der Waals surface area contributed by atoms with Crippen molar-refractivity contribution in [2.75, 3.05) is 9.80 Å². The number of para-hydroxylation sites is 6. The fourth-order valence-corrected chi connectivity index (χ4v) is 14.6. The molecule has 6 nitrogen and oxygen atoms in total. The third-order valence-electron chi connectivity index (χ3n) is 18.2. The summed E-state index contributed by atoms with van der Waals surface area (Å²) in [4.78, 5) is 5.11. The fourth-order valence-electron chi connectivity index (χ4n) is 14.6. The smallest absolute Gasteiger partial charge is 0.256 e. The molecule has 2 aromatic heterocycles. The van der Waals surface area contributed by atoms with Crippen LogP contribution in [0.3, 0.4) is 0 Å². The van der Waals surface area contributed by atoms with Gasteiger partial charge in [-0.25, -0.2) is 0 Å². The zero-order chi connectivity index (χ0) is 55.5. The number of ether oxygens (including phenoxy) is 2. The highest BCUT2D eigenvalue weighted by atomic mass is 16.5. The van der Waals surface area contributed by atoms with Gasteiger partial charge in [-0.3, -0.25) is 0 Å². The van der Waals surface area contributed by atoms with Crippen molar-refractivity contribution in [3.63, 3.8) is 0 Å². The molecule has 0 saturated carbocycles. The van der Waals surface area contributed by atoms with Crippen molar-refractivity contribution >= 4 is 124 Å². The second-order valence-corrected chi connectivity index (χ2v) is 23.8. The van der Waals surface area contributed by atoms with Crippen LogP contribution in [0.25, 0.3) is 71.7 Å². The molecule has 0 saturated heterocycles. The SMILES string of the molecule is CC(C)(C)c1ccc(N2c3cc4c(cc3B3c5ccccc5Oc5c3c2cc2c5c3ccccc3n2-c2ccccc2)B2c3ccccc3Oc3c2c(cc2oc5ccccc5c32)N4c2c(-c3ccccc3)cccc2-c2ccccc2)cc1. The van der Waals surface area contributed by atoms with Crippen molar-refractivity contribution in [1.29, 1.82) is 0 Å². The van der Waals surface area contributed by atoms with Crippen molar-refractivity contribution in [2.24, 2.45) is 0 Å². The minimum Gasteiger partial charge on any atom is -0.458 e. The zero-order valence-corrected chi connectivity index (χ0v) is 46.5. The van der Waals surface area contributed by atoms with E-state index in [2.05, 4.69) is 290 Å². The van der Waals surface area contributed by atoms with Crippen LogP contribution in [0.5, 0.6) is 23.0 Å². The van der Waals surface area contributed by atoms with Gasteiger partial charge in [-0.2, -0.15) is 0 Å². The van der Waals surface area contributed by atoms with E-state index in [1.54, 1.807) is 0 Å². The Balaban J connectivity index is 1.02. The van der Waals surface area contributed by atoms with Gasteiger partial charge in [-0.1, -0.05) is 209 Å². The lowest BCUT2D eigenvalue weighted by atomic mass is 9.30. The molecule has 84 heavy (non-hydrogen) atoms. The van der Waals surface area contributed by atoms with E-state index < -0.39 is 0 Å². The van der Waals surface area contributed by atoms with Crippen LogP contribution in [-0.4, -0.2) is 18.0 Å². The lowest BCUT2D eigenvalue weighted by Gasteiger charge is -2.45. The van der Waals surface area contributed by atoms with Crippen LogP contribution in [0.2, 0.25) is 0 Å². The summed E-state index contributed by atoms with van der Waals surface area (Å²) in [6.07, 6.45) is 0. The van der Waals surface area contributed by atoms with Crippen LogP contribution in [0.1, 0.15) is 26.3 Å². The van der Waals surface area contributed by atoms with E-state index in [0.717, 1.165) is 151 Å². The normalized spacial score (nSPS) is 13.5. The van der Waals surface area contributed by atoms with Gasteiger partial charge in [-0.15, -0.1) is 0 Å². The molecule has 18 rings (SSSR count). The van der Waals surface area contributed by atoms with Gasteiger partial charge in [0.25, 0.3) is 13.4 Å². The van der Waals surface area contributed by atoms with Crippen molar-refractivity contribution in [3.05, 3.63) is 260 Å². The molecular weight excluding hydrogens is 1020 g/mol. The lowest BCUT2D eigenvalue weighted by molar-refractivity contribution is 0.493. The Bertz CT molecular complexity index is 5030. The van der Waals surface area contributed by atoms with Crippen molar-refractivity contribution in [2.45, 2.75) is 26.2 Å². The number of hydrogen-bond donors (Lipinski definition) is 0. The molecule has 0 fully saturated rings. The van der Waals surface area contributed by atoms with Gasteiger partial charge < -0.3 is 28.3 Å². The third kappa shape index (κ3) is 6.65. The highest BCUT2D eigenvalue weighted by Gasteiger charge is 2.49. The molecule has 0 bridgehead atoms. The second-order valence-electron chi connectivity index (χ2n) is 23.8. The van der Waals surface area contributed by atoms with E-state index in [-0.39, 0.29) is 18.8 Å². The maximum Gasteiger partial charge on any atom is 0.256 e. The van der Waals surface area contributed by atoms with E-state index in [4.69, 9.17) is 13.9 Å². The maximum atomic E-state index is 7.51. The molecule has 8 heteroatoms. The quantitative estimate of drug-likeness (QED) is 0.161. The number of nitrogens with zero attached hydrogens (tertiary/aromatic N) is 3.